The fourth-order valence-corrected chi connectivity index (χ4v) is 4.40. The summed E-state index contributed by atoms with van der Waals surface area (Å²) in [5, 5.41) is 7.44. The maximum absolute atomic E-state index is 13.2. The average Bonchev–Trinajstić information content (AvgIpc) is 3.16. The molecule has 31 heavy (non-hydrogen) atoms. The van der Waals surface area contributed by atoms with E-state index >= 15 is 0 Å². The van der Waals surface area contributed by atoms with Crippen LogP contribution in [-0.2, 0) is 4.79 Å². The fourth-order valence-electron chi connectivity index (χ4n) is 4.40. The van der Waals surface area contributed by atoms with Crippen molar-refractivity contribution in [2.75, 3.05) is 6.54 Å². The second-order valence-corrected chi connectivity index (χ2v) is 8.52. The van der Waals surface area contributed by atoms with E-state index in [1.165, 1.54) is 11.6 Å². The van der Waals surface area contributed by atoms with Gasteiger partial charge in [-0.2, -0.15) is 0 Å². The lowest BCUT2D eigenvalue weighted by Crippen LogP contribution is -2.42. The Morgan fingerprint density at radius 3 is 2.81 bits per heavy atom. The van der Waals surface area contributed by atoms with Crippen molar-refractivity contribution in [3.05, 3.63) is 82.5 Å². The van der Waals surface area contributed by atoms with Gasteiger partial charge < -0.3 is 19.8 Å². The molecule has 2 atom stereocenters. The van der Waals surface area contributed by atoms with Crippen LogP contribution < -0.4 is 21.0 Å². The summed E-state index contributed by atoms with van der Waals surface area (Å²) < 4.78 is 11.4. The molecule has 158 valence electrons. The van der Waals surface area contributed by atoms with E-state index in [0.717, 1.165) is 11.8 Å². The number of allylic oxidation sites excluding steroid dienone is 2. The molecule has 2 aliphatic heterocycles. The zero-order chi connectivity index (χ0) is 21.6. The predicted octanol–water partition coefficient (Wildman–Crippen LogP) is 3.45. The molecule has 0 saturated heterocycles. The van der Waals surface area contributed by atoms with Gasteiger partial charge in [-0.05, 0) is 50.2 Å². The molecular weight excluding hydrogens is 392 g/mol. The lowest BCUT2D eigenvalue weighted by atomic mass is 9.87. The van der Waals surface area contributed by atoms with Crippen LogP contribution in [0.3, 0.4) is 0 Å². The molecule has 2 N–H and O–H groups in total. The minimum Gasteiger partial charge on any atom is -0.479 e. The van der Waals surface area contributed by atoms with Crippen molar-refractivity contribution in [2.45, 2.75) is 31.9 Å². The van der Waals surface area contributed by atoms with E-state index in [4.69, 9.17) is 9.15 Å². The number of nitrogens with one attached hydrogen (secondary N) is 2. The van der Waals surface area contributed by atoms with E-state index in [1.54, 1.807) is 26.1 Å². The van der Waals surface area contributed by atoms with Gasteiger partial charge in [-0.3, -0.25) is 4.79 Å². The zero-order valence-corrected chi connectivity index (χ0v) is 17.5. The summed E-state index contributed by atoms with van der Waals surface area (Å²) in [5.74, 6) is 0.750. The third-order valence-corrected chi connectivity index (χ3v) is 6.01. The van der Waals surface area contributed by atoms with Crippen molar-refractivity contribution in [1.29, 1.82) is 0 Å². The van der Waals surface area contributed by atoms with Crippen molar-refractivity contribution in [3.63, 3.8) is 0 Å². The monoisotopic (exact) mass is 416 g/mol. The van der Waals surface area contributed by atoms with Gasteiger partial charge in [0.1, 0.15) is 11.3 Å². The van der Waals surface area contributed by atoms with E-state index in [2.05, 4.69) is 41.1 Å². The smallest absolute Gasteiger partial charge is 0.336 e. The topological polar surface area (TPSA) is 80.6 Å². The van der Waals surface area contributed by atoms with Crippen molar-refractivity contribution in [1.82, 2.24) is 10.6 Å². The van der Waals surface area contributed by atoms with E-state index in [1.807, 2.05) is 12.1 Å². The van der Waals surface area contributed by atoms with Gasteiger partial charge in [0, 0.05) is 30.1 Å². The minimum absolute atomic E-state index is 0.159. The Hall–Kier alpha value is -3.54. The van der Waals surface area contributed by atoms with E-state index in [9.17, 15) is 9.59 Å². The quantitative estimate of drug-likeness (QED) is 0.451. The second kappa shape index (κ2) is 7.30. The predicted molar refractivity (Wildman–Crippen MR) is 120 cm³/mol. The molecule has 0 amide bonds. The Kier molecular flexibility index (Phi) is 4.58. The molecular formula is C25H24N2O4. The van der Waals surface area contributed by atoms with Gasteiger partial charge in [-0.1, -0.05) is 24.3 Å². The summed E-state index contributed by atoms with van der Waals surface area (Å²) in [6.45, 7) is 4.17. The average molecular weight is 416 g/mol. The number of Topliss-reactive ketones (excluding diaryl/α,β-unsaturated/α-hetero) is 1. The first-order chi connectivity index (χ1) is 14.9. The number of rotatable bonds is 4. The highest BCUT2D eigenvalue weighted by Crippen LogP contribution is 2.41. The molecule has 3 aliphatic rings. The standard InChI is InChI=1S/C25H24N2O4/c1-25(2)24(29)18(14-26-12-11-16-13-27-19-6-4-3-5-17(16)19)22-20(31-25)9-7-15-8-10-21(28)30-23(15)22/h3-10,13-14,17,19,26-27H,11-12H2,1-2H3/b18-14-. The third kappa shape index (κ3) is 3.38. The first kappa shape index (κ1) is 19.4. The fraction of sp³-hybridized carbons (Fsp3) is 0.280. The first-order valence-electron chi connectivity index (χ1n) is 10.5. The third-order valence-electron chi connectivity index (χ3n) is 6.01. The summed E-state index contributed by atoms with van der Waals surface area (Å²) in [4.78, 5) is 25.0. The number of benzene rings is 1. The first-order valence-corrected chi connectivity index (χ1v) is 10.5. The number of fused-ring (bicyclic) bond motifs is 4. The van der Waals surface area contributed by atoms with E-state index in [-0.39, 0.29) is 5.78 Å². The maximum Gasteiger partial charge on any atom is 0.336 e. The highest BCUT2D eigenvalue weighted by molar-refractivity contribution is 6.28. The highest BCUT2D eigenvalue weighted by atomic mass is 16.5. The highest BCUT2D eigenvalue weighted by Gasteiger charge is 2.40. The SMILES string of the molecule is CC1(C)Oc2ccc3ccc(=O)oc3c2/C(=C/NCCC2=CNC3C=CC=CC23)C1=O. The Morgan fingerprint density at radius 1 is 1.13 bits per heavy atom. The number of ketones is 1. The normalized spacial score (nSPS) is 24.4. The molecule has 0 spiro atoms. The molecule has 0 radical (unpaired) electrons. The van der Waals surface area contributed by atoms with Crippen LogP contribution >= 0.6 is 0 Å². The summed E-state index contributed by atoms with van der Waals surface area (Å²) >= 11 is 0. The molecule has 6 nitrogen and oxygen atoms in total. The molecule has 0 saturated carbocycles. The van der Waals surface area contributed by atoms with Crippen LogP contribution in [0.5, 0.6) is 5.75 Å². The van der Waals surface area contributed by atoms with Crippen LogP contribution in [0, 0.1) is 5.92 Å². The number of carbonyl (C=O) groups is 1. The van der Waals surface area contributed by atoms with Crippen LogP contribution in [0.4, 0.5) is 0 Å². The maximum atomic E-state index is 13.2. The molecule has 1 aromatic carbocycles. The molecule has 1 aromatic heterocycles. The van der Waals surface area contributed by atoms with Crippen LogP contribution in [0.15, 0.2) is 75.8 Å². The van der Waals surface area contributed by atoms with Gasteiger partial charge in [0.25, 0.3) is 0 Å². The van der Waals surface area contributed by atoms with Crippen molar-refractivity contribution in [3.8, 4) is 5.75 Å². The lowest BCUT2D eigenvalue weighted by Gasteiger charge is -2.32. The molecule has 0 bridgehead atoms. The van der Waals surface area contributed by atoms with Crippen LogP contribution in [0.2, 0.25) is 0 Å². The summed E-state index contributed by atoms with van der Waals surface area (Å²) in [6, 6.07) is 7.04. The summed E-state index contributed by atoms with van der Waals surface area (Å²) in [7, 11) is 0. The van der Waals surface area contributed by atoms with Crippen LogP contribution in [-0.4, -0.2) is 24.0 Å². The Morgan fingerprint density at radius 2 is 1.94 bits per heavy atom. The van der Waals surface area contributed by atoms with Gasteiger partial charge in [-0.15, -0.1) is 0 Å². The number of hydrogen-bond acceptors (Lipinski definition) is 6. The van der Waals surface area contributed by atoms with Crippen molar-refractivity contribution >= 4 is 22.3 Å². The Balaban J connectivity index is 1.43. The molecule has 0 fully saturated rings. The van der Waals surface area contributed by atoms with E-state index in [0.29, 0.717) is 41.0 Å². The van der Waals surface area contributed by atoms with Gasteiger partial charge >= 0.3 is 5.63 Å². The van der Waals surface area contributed by atoms with Gasteiger partial charge in [0.05, 0.1) is 17.2 Å². The van der Waals surface area contributed by atoms with Gasteiger partial charge in [0.15, 0.2) is 5.60 Å². The molecule has 5 rings (SSSR count). The van der Waals surface area contributed by atoms with Crippen molar-refractivity contribution in [2.24, 2.45) is 5.92 Å². The van der Waals surface area contributed by atoms with Crippen LogP contribution in [0.1, 0.15) is 25.8 Å². The van der Waals surface area contributed by atoms with Gasteiger partial charge in [-0.25, -0.2) is 4.79 Å². The number of hydrogen-bond donors (Lipinski definition) is 2. The van der Waals surface area contributed by atoms with Crippen LogP contribution in [0.25, 0.3) is 16.5 Å². The molecule has 6 heteroatoms. The molecule has 1 aliphatic carbocycles. The summed E-state index contributed by atoms with van der Waals surface area (Å²) in [6.07, 6.45) is 13.2. The Labute approximate surface area is 180 Å². The lowest BCUT2D eigenvalue weighted by molar-refractivity contribution is -0.126. The molecule has 3 heterocycles. The minimum atomic E-state index is -1.01. The zero-order valence-electron chi connectivity index (χ0n) is 17.5. The second-order valence-electron chi connectivity index (χ2n) is 8.52. The summed E-state index contributed by atoms with van der Waals surface area (Å²) in [5.41, 5.74) is 1.21. The van der Waals surface area contributed by atoms with Gasteiger partial charge in [0.2, 0.25) is 5.78 Å². The molecule has 2 aromatic rings. The van der Waals surface area contributed by atoms with E-state index < -0.39 is 11.2 Å². The molecule has 2 unspecified atom stereocenters. The Bertz CT molecular complexity index is 1250. The number of carbonyl (C=O) groups excluding carboxylic acids is 1. The largest absolute Gasteiger partial charge is 0.479 e. The van der Waals surface area contributed by atoms with Crippen molar-refractivity contribution < 1.29 is 13.9 Å². The number of ether oxygens (including phenoxy) is 1.